The summed E-state index contributed by atoms with van der Waals surface area (Å²) in [6, 6.07) is 13.6. The summed E-state index contributed by atoms with van der Waals surface area (Å²) in [6.45, 7) is 3.18. The summed E-state index contributed by atoms with van der Waals surface area (Å²) in [4.78, 5) is 25.7. The van der Waals surface area contributed by atoms with E-state index >= 15 is 0 Å². The highest BCUT2D eigenvalue weighted by atomic mass is 16.2. The number of amides is 3. The van der Waals surface area contributed by atoms with Gasteiger partial charge in [0.2, 0.25) is 5.91 Å². The topological polar surface area (TPSA) is 87.5 Å². The Hall–Kier alpha value is -2.60. The van der Waals surface area contributed by atoms with Crippen molar-refractivity contribution in [3.05, 3.63) is 42.5 Å². The monoisotopic (exact) mass is 354 g/mol. The Morgan fingerprint density at radius 3 is 2.81 bits per heavy atom. The van der Waals surface area contributed by atoms with E-state index in [4.69, 9.17) is 5.73 Å². The number of benzene rings is 2. The molecular formula is C20H26N4O2. The molecule has 6 heteroatoms. The molecule has 3 rings (SSSR count). The van der Waals surface area contributed by atoms with Crippen LogP contribution in [0.4, 0.5) is 10.5 Å². The number of urea groups is 1. The molecule has 0 aliphatic carbocycles. The first-order valence-corrected chi connectivity index (χ1v) is 9.18. The van der Waals surface area contributed by atoms with E-state index in [0.29, 0.717) is 6.54 Å². The molecule has 0 saturated carbocycles. The second-order valence-electron chi connectivity index (χ2n) is 6.80. The van der Waals surface area contributed by atoms with Crippen molar-refractivity contribution in [3.63, 3.8) is 0 Å². The number of hydrogen-bond donors (Lipinski definition) is 3. The number of nitrogens with two attached hydrogens (primary N) is 1. The Labute approximate surface area is 153 Å². The SMILES string of the molecule is NC(=O)[C@H]1CCCN(CCCNC(=O)Nc2cccc3ccccc23)C1. The van der Waals surface area contributed by atoms with E-state index in [9.17, 15) is 9.59 Å². The number of anilines is 1. The van der Waals surface area contributed by atoms with Crippen LogP contribution >= 0.6 is 0 Å². The van der Waals surface area contributed by atoms with Crippen molar-refractivity contribution >= 4 is 28.4 Å². The average molecular weight is 354 g/mol. The zero-order valence-corrected chi connectivity index (χ0v) is 14.9. The van der Waals surface area contributed by atoms with Gasteiger partial charge < -0.3 is 21.3 Å². The van der Waals surface area contributed by atoms with Crippen LogP contribution in [0.25, 0.3) is 10.8 Å². The van der Waals surface area contributed by atoms with Crippen molar-refractivity contribution in [2.75, 3.05) is 31.5 Å². The van der Waals surface area contributed by atoms with Gasteiger partial charge in [-0.2, -0.15) is 0 Å². The van der Waals surface area contributed by atoms with E-state index in [1.165, 1.54) is 0 Å². The molecule has 138 valence electrons. The lowest BCUT2D eigenvalue weighted by atomic mass is 9.97. The van der Waals surface area contributed by atoms with Crippen LogP contribution in [0, 0.1) is 5.92 Å². The summed E-state index contributed by atoms with van der Waals surface area (Å²) in [5.41, 5.74) is 6.21. The number of carbonyl (C=O) groups is 2. The molecular weight excluding hydrogens is 328 g/mol. The van der Waals surface area contributed by atoms with E-state index < -0.39 is 0 Å². The lowest BCUT2D eigenvalue weighted by Crippen LogP contribution is -2.42. The van der Waals surface area contributed by atoms with Crippen LogP contribution in [0.1, 0.15) is 19.3 Å². The van der Waals surface area contributed by atoms with Gasteiger partial charge in [-0.3, -0.25) is 4.79 Å². The standard InChI is InChI=1S/C20H26N4O2/c21-19(25)16-8-4-12-24(14-16)13-5-11-22-20(26)23-18-10-3-7-15-6-1-2-9-17(15)18/h1-3,6-7,9-10,16H,4-5,8,11-14H2,(H2,21,25)(H2,22,23,26)/t16-/m0/s1. The number of nitrogens with zero attached hydrogens (tertiary/aromatic N) is 1. The van der Waals surface area contributed by atoms with E-state index in [1.807, 2.05) is 42.5 Å². The molecule has 0 radical (unpaired) electrons. The molecule has 1 aliphatic rings. The van der Waals surface area contributed by atoms with E-state index in [2.05, 4.69) is 15.5 Å². The van der Waals surface area contributed by atoms with Gasteiger partial charge in [0.1, 0.15) is 0 Å². The van der Waals surface area contributed by atoms with Crippen LogP contribution in [-0.2, 0) is 4.79 Å². The number of likely N-dealkylation sites (tertiary alicyclic amines) is 1. The van der Waals surface area contributed by atoms with Gasteiger partial charge in [0, 0.05) is 18.5 Å². The number of hydrogen-bond acceptors (Lipinski definition) is 3. The van der Waals surface area contributed by atoms with Crippen molar-refractivity contribution in [1.82, 2.24) is 10.2 Å². The lowest BCUT2D eigenvalue weighted by Gasteiger charge is -2.31. The van der Waals surface area contributed by atoms with Crippen molar-refractivity contribution in [1.29, 1.82) is 0 Å². The fraction of sp³-hybridized carbons (Fsp3) is 0.400. The molecule has 6 nitrogen and oxygen atoms in total. The van der Waals surface area contributed by atoms with E-state index in [-0.39, 0.29) is 17.9 Å². The van der Waals surface area contributed by atoms with Gasteiger partial charge in [-0.15, -0.1) is 0 Å². The number of piperidine rings is 1. The highest BCUT2D eigenvalue weighted by Crippen LogP contribution is 2.22. The predicted molar refractivity (Wildman–Crippen MR) is 104 cm³/mol. The van der Waals surface area contributed by atoms with Crippen LogP contribution < -0.4 is 16.4 Å². The number of carbonyl (C=O) groups excluding carboxylic acids is 2. The smallest absolute Gasteiger partial charge is 0.319 e. The van der Waals surface area contributed by atoms with Crippen LogP contribution in [-0.4, -0.2) is 43.0 Å². The summed E-state index contributed by atoms with van der Waals surface area (Å²) < 4.78 is 0. The molecule has 3 amide bonds. The quantitative estimate of drug-likeness (QED) is 0.697. The van der Waals surface area contributed by atoms with Gasteiger partial charge in [-0.05, 0) is 43.8 Å². The second kappa shape index (κ2) is 8.67. The molecule has 2 aromatic rings. The fourth-order valence-corrected chi connectivity index (χ4v) is 3.50. The summed E-state index contributed by atoms with van der Waals surface area (Å²) in [7, 11) is 0. The van der Waals surface area contributed by atoms with Crippen molar-refractivity contribution in [3.8, 4) is 0 Å². The first-order valence-electron chi connectivity index (χ1n) is 9.18. The Kier molecular flexibility index (Phi) is 6.07. The maximum absolute atomic E-state index is 12.2. The third kappa shape index (κ3) is 4.73. The Bertz CT molecular complexity index is 772. The maximum Gasteiger partial charge on any atom is 0.319 e. The normalized spacial score (nSPS) is 17.8. The Morgan fingerprint density at radius 1 is 1.15 bits per heavy atom. The lowest BCUT2D eigenvalue weighted by molar-refractivity contribution is -0.123. The highest BCUT2D eigenvalue weighted by molar-refractivity contribution is 6.01. The molecule has 1 saturated heterocycles. The molecule has 0 spiro atoms. The fourth-order valence-electron chi connectivity index (χ4n) is 3.50. The summed E-state index contributed by atoms with van der Waals surface area (Å²) >= 11 is 0. The molecule has 0 unspecified atom stereocenters. The second-order valence-corrected chi connectivity index (χ2v) is 6.80. The Morgan fingerprint density at radius 2 is 1.96 bits per heavy atom. The van der Waals surface area contributed by atoms with Gasteiger partial charge >= 0.3 is 6.03 Å². The van der Waals surface area contributed by atoms with Crippen molar-refractivity contribution in [2.45, 2.75) is 19.3 Å². The first kappa shape index (κ1) is 18.2. The Balaban J connectivity index is 1.42. The largest absolute Gasteiger partial charge is 0.369 e. The minimum absolute atomic E-state index is 0.0358. The molecule has 1 atom stereocenters. The van der Waals surface area contributed by atoms with Gasteiger partial charge in [0.05, 0.1) is 11.6 Å². The van der Waals surface area contributed by atoms with Gasteiger partial charge in [0.25, 0.3) is 0 Å². The van der Waals surface area contributed by atoms with Crippen molar-refractivity contribution < 1.29 is 9.59 Å². The summed E-state index contributed by atoms with van der Waals surface area (Å²) in [5.74, 6) is -0.242. The minimum Gasteiger partial charge on any atom is -0.369 e. The van der Waals surface area contributed by atoms with Crippen molar-refractivity contribution in [2.24, 2.45) is 11.7 Å². The molecule has 26 heavy (non-hydrogen) atoms. The summed E-state index contributed by atoms with van der Waals surface area (Å²) in [5, 5.41) is 7.94. The number of nitrogens with one attached hydrogen (secondary N) is 2. The molecule has 1 fully saturated rings. The van der Waals surface area contributed by atoms with Crippen LogP contribution in [0.2, 0.25) is 0 Å². The predicted octanol–water partition coefficient (Wildman–Crippen LogP) is 2.55. The highest BCUT2D eigenvalue weighted by Gasteiger charge is 2.23. The van der Waals surface area contributed by atoms with Gasteiger partial charge in [-0.1, -0.05) is 36.4 Å². The van der Waals surface area contributed by atoms with Gasteiger partial charge in [0.15, 0.2) is 0 Å². The van der Waals surface area contributed by atoms with Crippen LogP contribution in [0.3, 0.4) is 0 Å². The minimum atomic E-state index is -0.206. The third-order valence-corrected chi connectivity index (χ3v) is 4.88. The van der Waals surface area contributed by atoms with Crippen LogP contribution in [0.15, 0.2) is 42.5 Å². The third-order valence-electron chi connectivity index (χ3n) is 4.88. The molecule has 0 bridgehead atoms. The first-order chi connectivity index (χ1) is 12.6. The molecule has 1 heterocycles. The number of fused-ring (bicyclic) bond motifs is 1. The average Bonchev–Trinajstić information content (AvgIpc) is 2.66. The maximum atomic E-state index is 12.2. The van der Waals surface area contributed by atoms with Gasteiger partial charge in [-0.25, -0.2) is 4.79 Å². The zero-order chi connectivity index (χ0) is 18.4. The zero-order valence-electron chi connectivity index (χ0n) is 14.9. The van der Waals surface area contributed by atoms with E-state index in [1.54, 1.807) is 0 Å². The van der Waals surface area contributed by atoms with Crippen LogP contribution in [0.5, 0.6) is 0 Å². The van der Waals surface area contributed by atoms with E-state index in [0.717, 1.165) is 55.4 Å². The molecule has 0 aromatic heterocycles. The molecule has 1 aliphatic heterocycles. The molecule has 2 aromatic carbocycles. The summed E-state index contributed by atoms with van der Waals surface area (Å²) in [6.07, 6.45) is 2.73. The number of primary amides is 1. The number of rotatable bonds is 6. The molecule has 4 N–H and O–H groups in total.